The topological polar surface area (TPSA) is 31.2 Å². The molecule has 0 bridgehead atoms. The highest BCUT2D eigenvalue weighted by Gasteiger charge is 2.20. The van der Waals surface area contributed by atoms with E-state index in [9.17, 15) is 0 Å². The molecule has 0 atom stereocenters. The van der Waals surface area contributed by atoms with E-state index in [4.69, 9.17) is 8.83 Å². The molecular weight excluding hydrogens is 478 g/mol. The van der Waals surface area contributed by atoms with Gasteiger partial charge in [0.15, 0.2) is 0 Å². The van der Waals surface area contributed by atoms with Crippen molar-refractivity contribution in [3.8, 4) is 16.8 Å². The van der Waals surface area contributed by atoms with Gasteiger partial charge >= 0.3 is 0 Å². The second-order valence-corrected chi connectivity index (χ2v) is 10.5. The van der Waals surface area contributed by atoms with E-state index in [1.54, 1.807) is 0 Å². The molecule has 3 heterocycles. The summed E-state index contributed by atoms with van der Waals surface area (Å²) in [6, 6.07) is 36.5. The van der Waals surface area contributed by atoms with Crippen LogP contribution in [-0.4, -0.2) is 4.57 Å². The van der Waals surface area contributed by atoms with E-state index in [0.29, 0.717) is 0 Å². The van der Waals surface area contributed by atoms with Crippen LogP contribution in [-0.2, 0) is 6.42 Å². The lowest BCUT2D eigenvalue weighted by molar-refractivity contribution is 0.656. The zero-order chi connectivity index (χ0) is 25.5. The molecule has 0 unspecified atom stereocenters. The minimum atomic E-state index is 0.847. The van der Waals surface area contributed by atoms with Gasteiger partial charge in [-0.25, -0.2) is 0 Å². The van der Waals surface area contributed by atoms with Gasteiger partial charge in [0.2, 0.25) is 0 Å². The van der Waals surface area contributed by atoms with Gasteiger partial charge in [-0.05, 0) is 66.4 Å². The van der Waals surface area contributed by atoms with Crippen molar-refractivity contribution in [2.75, 3.05) is 0 Å². The van der Waals surface area contributed by atoms with Crippen LogP contribution in [0.25, 0.3) is 77.7 Å². The molecule has 3 heteroatoms. The summed E-state index contributed by atoms with van der Waals surface area (Å²) >= 11 is 0. The monoisotopic (exact) mass is 501 g/mol. The lowest BCUT2D eigenvalue weighted by atomic mass is 10.0. The zero-order valence-corrected chi connectivity index (χ0v) is 21.1. The Hall–Kier alpha value is -5.02. The molecule has 0 amide bonds. The number of allylic oxidation sites excluding steroid dienone is 1. The summed E-state index contributed by atoms with van der Waals surface area (Å²) < 4.78 is 15.0. The Balaban J connectivity index is 1.29. The van der Waals surface area contributed by atoms with E-state index in [-0.39, 0.29) is 0 Å². The van der Waals surface area contributed by atoms with Gasteiger partial charge < -0.3 is 13.4 Å². The molecule has 0 saturated carbocycles. The van der Waals surface area contributed by atoms with Gasteiger partial charge in [-0.2, -0.15) is 0 Å². The van der Waals surface area contributed by atoms with Crippen LogP contribution in [0.5, 0.6) is 0 Å². The number of nitrogens with zero attached hydrogens (tertiary/aromatic N) is 1. The molecule has 0 fully saturated rings. The number of fused-ring (bicyclic) bond motifs is 9. The van der Waals surface area contributed by atoms with Crippen molar-refractivity contribution in [3.63, 3.8) is 0 Å². The van der Waals surface area contributed by atoms with Crippen LogP contribution in [0.3, 0.4) is 0 Å². The standard InChI is InChI=1S/C36H23NO2/c1-2-8-22(9-3-1)23-14-16-33-27(18-23)29-20-30-28-19-24(15-17-34(28)39-36(30)21-35(29)38-33)37-31-12-6-4-10-25(31)26-11-5-7-13-32(26)37/h1-6,8-12,14-21H,7,13H2. The largest absolute Gasteiger partial charge is 0.456 e. The van der Waals surface area contributed by atoms with Gasteiger partial charge in [0.1, 0.15) is 22.3 Å². The Kier molecular flexibility index (Phi) is 4.17. The van der Waals surface area contributed by atoms with E-state index in [1.807, 2.05) is 12.1 Å². The number of furan rings is 2. The molecular formula is C36H23NO2. The first-order chi connectivity index (χ1) is 19.3. The number of hydrogen-bond acceptors (Lipinski definition) is 2. The average Bonchev–Trinajstić information content (AvgIpc) is 3.64. The lowest BCUT2D eigenvalue weighted by Gasteiger charge is -2.13. The van der Waals surface area contributed by atoms with E-state index in [2.05, 4.69) is 108 Å². The molecule has 1 aliphatic rings. The number of aromatic nitrogens is 1. The molecule has 39 heavy (non-hydrogen) atoms. The maximum atomic E-state index is 6.34. The maximum absolute atomic E-state index is 6.34. The Bertz CT molecular complexity index is 2270. The number of rotatable bonds is 2. The summed E-state index contributed by atoms with van der Waals surface area (Å²) in [7, 11) is 0. The quantitative estimate of drug-likeness (QED) is 0.236. The highest BCUT2D eigenvalue weighted by Crippen LogP contribution is 2.40. The Morgan fingerprint density at radius 1 is 0.538 bits per heavy atom. The van der Waals surface area contributed by atoms with Crippen molar-refractivity contribution in [2.45, 2.75) is 12.8 Å². The first-order valence-electron chi connectivity index (χ1n) is 13.5. The van der Waals surface area contributed by atoms with Crippen LogP contribution in [0.15, 0.2) is 118 Å². The second-order valence-electron chi connectivity index (χ2n) is 10.5. The Labute approximate surface area is 224 Å². The molecule has 1 aliphatic carbocycles. The molecule has 8 aromatic rings. The minimum absolute atomic E-state index is 0.847. The third-order valence-corrected chi connectivity index (χ3v) is 8.26. The molecule has 0 aliphatic heterocycles. The highest BCUT2D eigenvalue weighted by atomic mass is 16.3. The first kappa shape index (κ1) is 21.0. The SMILES string of the molecule is C1=Cc2c(n(-c3ccc4oc5cc6oc7ccc(-c8ccccc8)cc7c6cc5c4c3)c3ccccc23)CC1. The first-order valence-corrected chi connectivity index (χ1v) is 13.5. The fourth-order valence-corrected chi connectivity index (χ4v) is 6.45. The van der Waals surface area contributed by atoms with E-state index < -0.39 is 0 Å². The Morgan fingerprint density at radius 2 is 1.26 bits per heavy atom. The number of benzene rings is 5. The van der Waals surface area contributed by atoms with Gasteiger partial charge in [-0.15, -0.1) is 0 Å². The van der Waals surface area contributed by atoms with Gasteiger partial charge in [0, 0.05) is 49.9 Å². The summed E-state index contributed by atoms with van der Waals surface area (Å²) in [5.74, 6) is 0. The number of hydrogen-bond donors (Lipinski definition) is 0. The smallest absolute Gasteiger partial charge is 0.139 e. The molecule has 0 N–H and O–H groups in total. The van der Waals surface area contributed by atoms with Crippen molar-refractivity contribution in [1.82, 2.24) is 4.57 Å². The molecule has 184 valence electrons. The molecule has 3 nitrogen and oxygen atoms in total. The molecule has 9 rings (SSSR count). The maximum Gasteiger partial charge on any atom is 0.139 e. The fourth-order valence-electron chi connectivity index (χ4n) is 6.45. The van der Waals surface area contributed by atoms with Gasteiger partial charge in [-0.1, -0.05) is 66.7 Å². The van der Waals surface area contributed by atoms with E-state index in [0.717, 1.165) is 56.7 Å². The third kappa shape index (κ3) is 2.98. The molecule has 3 aromatic heterocycles. The van der Waals surface area contributed by atoms with E-state index >= 15 is 0 Å². The summed E-state index contributed by atoms with van der Waals surface area (Å²) in [4.78, 5) is 0. The van der Waals surface area contributed by atoms with Crippen LogP contribution in [0.4, 0.5) is 0 Å². The minimum Gasteiger partial charge on any atom is -0.456 e. The lowest BCUT2D eigenvalue weighted by Crippen LogP contribution is -2.02. The van der Waals surface area contributed by atoms with Crippen LogP contribution in [0, 0.1) is 0 Å². The molecule has 0 spiro atoms. The highest BCUT2D eigenvalue weighted by molar-refractivity contribution is 6.16. The second kappa shape index (κ2) is 7.75. The van der Waals surface area contributed by atoms with Gasteiger partial charge in [0.25, 0.3) is 0 Å². The predicted octanol–water partition coefficient (Wildman–Crippen LogP) is 10.1. The molecule has 5 aromatic carbocycles. The molecule has 0 radical (unpaired) electrons. The van der Waals surface area contributed by atoms with Gasteiger partial charge in [-0.3, -0.25) is 0 Å². The van der Waals surface area contributed by atoms with Crippen LogP contribution in [0.1, 0.15) is 17.7 Å². The van der Waals surface area contributed by atoms with Crippen molar-refractivity contribution in [3.05, 3.63) is 120 Å². The summed E-state index contributed by atoms with van der Waals surface area (Å²) in [6.07, 6.45) is 6.68. The normalized spacial score (nSPS) is 13.3. The van der Waals surface area contributed by atoms with Crippen molar-refractivity contribution in [2.24, 2.45) is 0 Å². The summed E-state index contributed by atoms with van der Waals surface area (Å²) in [5.41, 5.74) is 11.0. The van der Waals surface area contributed by atoms with E-state index in [1.165, 1.54) is 39.0 Å². The summed E-state index contributed by atoms with van der Waals surface area (Å²) in [6.45, 7) is 0. The third-order valence-electron chi connectivity index (χ3n) is 8.26. The van der Waals surface area contributed by atoms with Crippen molar-refractivity contribution < 1.29 is 8.83 Å². The van der Waals surface area contributed by atoms with Crippen molar-refractivity contribution >= 4 is 60.9 Å². The average molecular weight is 502 g/mol. The van der Waals surface area contributed by atoms with Crippen molar-refractivity contribution in [1.29, 1.82) is 0 Å². The number of para-hydroxylation sites is 1. The fraction of sp³-hybridized carbons (Fsp3) is 0.0556. The van der Waals surface area contributed by atoms with Gasteiger partial charge in [0.05, 0.1) is 5.52 Å². The van der Waals surface area contributed by atoms with Crippen LogP contribution in [0.2, 0.25) is 0 Å². The zero-order valence-electron chi connectivity index (χ0n) is 21.1. The predicted molar refractivity (Wildman–Crippen MR) is 161 cm³/mol. The molecule has 0 saturated heterocycles. The van der Waals surface area contributed by atoms with Crippen LogP contribution >= 0.6 is 0 Å². The Morgan fingerprint density at radius 3 is 2.10 bits per heavy atom. The van der Waals surface area contributed by atoms with Crippen LogP contribution < -0.4 is 0 Å². The summed E-state index contributed by atoms with van der Waals surface area (Å²) in [5, 5.41) is 5.77.